The van der Waals surface area contributed by atoms with Crippen LogP contribution in [0.3, 0.4) is 0 Å². The SMILES string of the molecule is O=C(/C(=C/[N+](=O)[O-])c1ccccc1)/C(=C/[N+](=O)[O-])c1ccccc1. The number of carbonyl (C=O) groups is 1. The molecule has 0 heterocycles. The maximum Gasteiger partial charge on any atom is 0.246 e. The molecule has 0 fully saturated rings. The van der Waals surface area contributed by atoms with E-state index >= 15 is 0 Å². The Kier molecular flexibility index (Phi) is 5.30. The van der Waals surface area contributed by atoms with Crippen molar-refractivity contribution < 1.29 is 14.6 Å². The standard InChI is InChI=1S/C17H12N2O5/c20-17(15(11-18(21)22)13-7-3-1-4-8-13)16(12-19(23)24)14-9-5-2-6-10-14/h1-12H/b15-11+,16-12+. The number of rotatable bonds is 6. The van der Waals surface area contributed by atoms with Crippen LogP contribution in [0.15, 0.2) is 73.1 Å². The van der Waals surface area contributed by atoms with Gasteiger partial charge in [-0.1, -0.05) is 60.7 Å². The molecule has 0 aliphatic carbocycles. The second kappa shape index (κ2) is 7.59. The molecule has 0 unspecified atom stereocenters. The van der Waals surface area contributed by atoms with Crippen molar-refractivity contribution >= 4 is 16.9 Å². The number of nitrogens with zero attached hydrogens (tertiary/aromatic N) is 2. The van der Waals surface area contributed by atoms with Crippen molar-refractivity contribution in [3.05, 3.63) is 104 Å². The first-order chi connectivity index (χ1) is 11.5. The van der Waals surface area contributed by atoms with Gasteiger partial charge in [0.05, 0.1) is 21.0 Å². The fourth-order valence-electron chi connectivity index (χ4n) is 2.12. The second-order valence-corrected chi connectivity index (χ2v) is 4.72. The van der Waals surface area contributed by atoms with E-state index in [-0.39, 0.29) is 11.1 Å². The molecule has 0 N–H and O–H groups in total. The number of Topliss-reactive ketones (excluding diaryl/α,β-unsaturated/α-hetero) is 1. The van der Waals surface area contributed by atoms with Gasteiger partial charge in [0.1, 0.15) is 0 Å². The number of allylic oxidation sites excluding steroid dienone is 2. The van der Waals surface area contributed by atoms with Gasteiger partial charge >= 0.3 is 0 Å². The van der Waals surface area contributed by atoms with Crippen molar-refractivity contribution in [3.63, 3.8) is 0 Å². The number of carbonyl (C=O) groups excluding carboxylic acids is 1. The normalized spacial score (nSPS) is 11.8. The van der Waals surface area contributed by atoms with Crippen LogP contribution in [0.1, 0.15) is 11.1 Å². The molecule has 0 spiro atoms. The van der Waals surface area contributed by atoms with Crippen molar-refractivity contribution in [1.29, 1.82) is 0 Å². The van der Waals surface area contributed by atoms with Crippen LogP contribution in [0.5, 0.6) is 0 Å². The lowest BCUT2D eigenvalue weighted by molar-refractivity contribution is -0.401. The van der Waals surface area contributed by atoms with Gasteiger partial charge in [-0.3, -0.25) is 25.0 Å². The Morgan fingerprint density at radius 1 is 0.708 bits per heavy atom. The molecule has 0 bridgehead atoms. The van der Waals surface area contributed by atoms with Crippen LogP contribution in [0, 0.1) is 20.2 Å². The fourth-order valence-corrected chi connectivity index (χ4v) is 2.12. The summed E-state index contributed by atoms with van der Waals surface area (Å²) in [6.45, 7) is 0. The summed E-state index contributed by atoms with van der Waals surface area (Å²) >= 11 is 0. The van der Waals surface area contributed by atoms with E-state index in [4.69, 9.17) is 0 Å². The van der Waals surface area contributed by atoms with Crippen LogP contribution < -0.4 is 0 Å². The number of hydrogen-bond acceptors (Lipinski definition) is 5. The van der Waals surface area contributed by atoms with Crippen LogP contribution in [-0.2, 0) is 4.79 Å². The van der Waals surface area contributed by atoms with E-state index in [1.807, 2.05) is 0 Å². The minimum atomic E-state index is -0.791. The lowest BCUT2D eigenvalue weighted by Crippen LogP contribution is -2.08. The minimum Gasteiger partial charge on any atom is -0.288 e. The molecular weight excluding hydrogens is 312 g/mol. The molecule has 2 aromatic rings. The summed E-state index contributed by atoms with van der Waals surface area (Å²) in [6.07, 6.45) is 1.13. The molecule has 2 aromatic carbocycles. The van der Waals surface area contributed by atoms with E-state index in [2.05, 4.69) is 0 Å². The third-order valence-corrected chi connectivity index (χ3v) is 3.13. The van der Waals surface area contributed by atoms with Gasteiger partial charge in [0.25, 0.3) is 0 Å². The number of ketones is 1. The Labute approximate surface area is 136 Å². The van der Waals surface area contributed by atoms with Crippen LogP contribution in [0.2, 0.25) is 0 Å². The van der Waals surface area contributed by atoms with Crippen molar-refractivity contribution in [1.82, 2.24) is 0 Å². The molecular formula is C17H12N2O5. The van der Waals surface area contributed by atoms with E-state index in [0.29, 0.717) is 23.5 Å². The van der Waals surface area contributed by atoms with E-state index in [0.717, 1.165) is 0 Å². The van der Waals surface area contributed by atoms with Gasteiger partial charge in [-0.15, -0.1) is 0 Å². The smallest absolute Gasteiger partial charge is 0.246 e. The maximum absolute atomic E-state index is 12.8. The lowest BCUT2D eigenvalue weighted by atomic mass is 9.93. The molecule has 7 nitrogen and oxygen atoms in total. The first kappa shape index (κ1) is 16.8. The van der Waals surface area contributed by atoms with Crippen LogP contribution in [0.4, 0.5) is 0 Å². The summed E-state index contributed by atoms with van der Waals surface area (Å²) < 4.78 is 0. The van der Waals surface area contributed by atoms with E-state index in [1.165, 1.54) is 24.3 Å². The highest BCUT2D eigenvalue weighted by atomic mass is 16.6. The van der Waals surface area contributed by atoms with Crippen molar-refractivity contribution in [3.8, 4) is 0 Å². The molecule has 24 heavy (non-hydrogen) atoms. The predicted molar refractivity (Wildman–Crippen MR) is 87.8 cm³/mol. The molecule has 0 aliphatic rings. The van der Waals surface area contributed by atoms with Gasteiger partial charge in [-0.25, -0.2) is 0 Å². The topological polar surface area (TPSA) is 103 Å². The molecule has 0 radical (unpaired) electrons. The zero-order valence-electron chi connectivity index (χ0n) is 12.4. The Morgan fingerprint density at radius 2 is 1.04 bits per heavy atom. The number of hydrogen-bond donors (Lipinski definition) is 0. The van der Waals surface area contributed by atoms with E-state index in [1.54, 1.807) is 36.4 Å². The molecule has 0 saturated carbocycles. The fraction of sp³-hybridized carbons (Fsp3) is 0. The number of benzene rings is 2. The molecule has 0 atom stereocenters. The lowest BCUT2D eigenvalue weighted by Gasteiger charge is -2.07. The Hall–Kier alpha value is -3.61. The Morgan fingerprint density at radius 3 is 1.33 bits per heavy atom. The highest BCUT2D eigenvalue weighted by Crippen LogP contribution is 2.25. The highest BCUT2D eigenvalue weighted by molar-refractivity contribution is 6.41. The quantitative estimate of drug-likeness (QED) is 0.461. The minimum absolute atomic E-state index is 0.224. The van der Waals surface area contributed by atoms with Crippen molar-refractivity contribution in [2.75, 3.05) is 0 Å². The average molecular weight is 324 g/mol. The summed E-state index contributed by atoms with van der Waals surface area (Å²) in [5, 5.41) is 21.8. The van der Waals surface area contributed by atoms with Gasteiger partial charge in [-0.2, -0.15) is 0 Å². The summed E-state index contributed by atoms with van der Waals surface area (Å²) in [4.78, 5) is 33.0. The van der Waals surface area contributed by atoms with Gasteiger partial charge in [0.15, 0.2) is 0 Å². The molecule has 7 heteroatoms. The molecule has 120 valence electrons. The van der Waals surface area contributed by atoms with Gasteiger partial charge in [0.2, 0.25) is 18.2 Å². The van der Waals surface area contributed by atoms with E-state index < -0.39 is 15.6 Å². The van der Waals surface area contributed by atoms with Crippen LogP contribution >= 0.6 is 0 Å². The van der Waals surface area contributed by atoms with Crippen LogP contribution in [0.25, 0.3) is 11.1 Å². The van der Waals surface area contributed by atoms with E-state index in [9.17, 15) is 25.0 Å². The highest BCUT2D eigenvalue weighted by Gasteiger charge is 2.24. The first-order valence-electron chi connectivity index (χ1n) is 6.85. The average Bonchev–Trinajstić information content (AvgIpc) is 2.58. The Bertz CT molecular complexity index is 757. The summed E-state index contributed by atoms with van der Waals surface area (Å²) in [5.41, 5.74) is 0.170. The first-order valence-corrected chi connectivity index (χ1v) is 6.85. The summed E-state index contributed by atoms with van der Waals surface area (Å²) in [6, 6.07) is 16.0. The van der Waals surface area contributed by atoms with Crippen molar-refractivity contribution in [2.24, 2.45) is 0 Å². The monoisotopic (exact) mass is 324 g/mol. The molecule has 2 rings (SSSR count). The second-order valence-electron chi connectivity index (χ2n) is 4.72. The molecule has 0 aliphatic heterocycles. The predicted octanol–water partition coefficient (Wildman–Crippen LogP) is 3.19. The summed E-state index contributed by atoms with van der Waals surface area (Å²) in [7, 11) is 0. The third kappa shape index (κ3) is 4.20. The summed E-state index contributed by atoms with van der Waals surface area (Å²) in [5.74, 6) is -0.791. The molecule has 0 aromatic heterocycles. The van der Waals surface area contributed by atoms with Gasteiger partial charge in [-0.05, 0) is 11.1 Å². The molecule has 0 amide bonds. The van der Waals surface area contributed by atoms with Gasteiger partial charge < -0.3 is 0 Å². The molecule has 0 saturated heterocycles. The number of nitro groups is 2. The zero-order chi connectivity index (χ0) is 17.5. The maximum atomic E-state index is 12.8. The van der Waals surface area contributed by atoms with Crippen LogP contribution in [-0.4, -0.2) is 15.6 Å². The van der Waals surface area contributed by atoms with Crippen molar-refractivity contribution in [2.45, 2.75) is 0 Å². The Balaban J connectivity index is 2.58. The van der Waals surface area contributed by atoms with Gasteiger partial charge in [0, 0.05) is 0 Å². The zero-order valence-corrected chi connectivity index (χ0v) is 12.4. The largest absolute Gasteiger partial charge is 0.288 e. The third-order valence-electron chi connectivity index (χ3n) is 3.13.